The molecule has 0 spiro atoms. The summed E-state index contributed by atoms with van der Waals surface area (Å²) in [5.74, 6) is 1.05. The summed E-state index contributed by atoms with van der Waals surface area (Å²) >= 11 is 1.72. The van der Waals surface area contributed by atoms with Gasteiger partial charge in [0, 0.05) is 17.9 Å². The number of carbonyl (C=O) groups is 2. The highest BCUT2D eigenvalue weighted by Crippen LogP contribution is 2.47. The Morgan fingerprint density at radius 1 is 1.41 bits per heavy atom. The van der Waals surface area contributed by atoms with Crippen LogP contribution >= 0.6 is 11.8 Å². The number of anilines is 1. The molecule has 2 heterocycles. The first-order valence-electron chi connectivity index (χ1n) is 7.78. The Labute approximate surface area is 135 Å². The third kappa shape index (κ3) is 2.51. The molecule has 0 radical (unpaired) electrons. The Hall–Kier alpha value is -1.49. The number of thioether (sulfide) groups is 1. The summed E-state index contributed by atoms with van der Waals surface area (Å²) in [6, 6.07) is 7.52. The van der Waals surface area contributed by atoms with Crippen molar-refractivity contribution in [2.24, 2.45) is 0 Å². The van der Waals surface area contributed by atoms with Crippen molar-refractivity contribution in [3.8, 4) is 0 Å². The van der Waals surface area contributed by atoms with Crippen LogP contribution in [0.5, 0.6) is 0 Å². The highest BCUT2D eigenvalue weighted by molar-refractivity contribution is 8.01. The molecule has 2 aliphatic rings. The number of nitrogens with one attached hydrogen (secondary N) is 1. The first-order valence-corrected chi connectivity index (χ1v) is 8.77. The molecule has 118 valence electrons. The molecule has 1 N–H and O–H groups in total. The van der Waals surface area contributed by atoms with Crippen LogP contribution < -0.4 is 5.32 Å². The molecule has 2 saturated heterocycles. The lowest BCUT2D eigenvalue weighted by atomic mass is 10.0. The van der Waals surface area contributed by atoms with E-state index < -0.39 is 0 Å². The van der Waals surface area contributed by atoms with E-state index in [4.69, 9.17) is 0 Å². The van der Waals surface area contributed by atoms with Gasteiger partial charge in [-0.2, -0.15) is 0 Å². The number of amides is 2. The number of hydrogen-bond acceptors (Lipinski definition) is 3. The second kappa shape index (κ2) is 5.61. The molecule has 2 unspecified atom stereocenters. The molecule has 0 saturated carbocycles. The Morgan fingerprint density at radius 3 is 2.86 bits per heavy atom. The number of nitrogens with zero attached hydrogens (tertiary/aromatic N) is 1. The molecule has 2 amide bonds. The average molecular weight is 318 g/mol. The van der Waals surface area contributed by atoms with E-state index in [1.165, 1.54) is 0 Å². The van der Waals surface area contributed by atoms with Crippen LogP contribution in [0.25, 0.3) is 0 Å². The molecule has 2 atom stereocenters. The fourth-order valence-electron chi connectivity index (χ4n) is 3.35. The smallest absolute Gasteiger partial charge is 0.248 e. The predicted molar refractivity (Wildman–Crippen MR) is 89.9 cm³/mol. The van der Waals surface area contributed by atoms with Gasteiger partial charge in [0.25, 0.3) is 0 Å². The van der Waals surface area contributed by atoms with Gasteiger partial charge in [0.1, 0.15) is 6.04 Å². The zero-order chi connectivity index (χ0) is 15.9. The first kappa shape index (κ1) is 15.4. The molecule has 3 rings (SSSR count). The van der Waals surface area contributed by atoms with E-state index in [9.17, 15) is 9.59 Å². The summed E-state index contributed by atoms with van der Waals surface area (Å²) in [7, 11) is 0. The van der Waals surface area contributed by atoms with Gasteiger partial charge < -0.3 is 10.2 Å². The molecule has 2 fully saturated rings. The Bertz CT molecular complexity index is 616. The Balaban J connectivity index is 1.80. The maximum absolute atomic E-state index is 12.7. The van der Waals surface area contributed by atoms with Gasteiger partial charge in [-0.05, 0) is 30.9 Å². The number of fused-ring (bicyclic) bond motifs is 1. The van der Waals surface area contributed by atoms with Crippen LogP contribution in [0.1, 0.15) is 45.1 Å². The molecule has 0 aliphatic carbocycles. The maximum Gasteiger partial charge on any atom is 0.248 e. The molecule has 5 heteroatoms. The van der Waals surface area contributed by atoms with Crippen LogP contribution in [0.15, 0.2) is 24.3 Å². The third-order valence-electron chi connectivity index (χ3n) is 4.59. The van der Waals surface area contributed by atoms with E-state index in [0.29, 0.717) is 18.1 Å². The number of para-hydroxylation sites is 1. The first-order chi connectivity index (χ1) is 10.4. The fourth-order valence-corrected chi connectivity index (χ4v) is 4.78. The van der Waals surface area contributed by atoms with Gasteiger partial charge in [-0.25, -0.2) is 0 Å². The minimum absolute atomic E-state index is 0.0698. The van der Waals surface area contributed by atoms with Crippen molar-refractivity contribution in [2.75, 3.05) is 11.1 Å². The third-order valence-corrected chi connectivity index (χ3v) is 6.09. The summed E-state index contributed by atoms with van der Waals surface area (Å²) in [6.07, 6.45) is 1.39. The van der Waals surface area contributed by atoms with Crippen LogP contribution in [0.2, 0.25) is 0 Å². The van der Waals surface area contributed by atoms with E-state index in [1.54, 1.807) is 16.7 Å². The second-order valence-corrected chi connectivity index (χ2v) is 8.00. The maximum atomic E-state index is 12.7. The lowest BCUT2D eigenvalue weighted by Gasteiger charge is -2.30. The summed E-state index contributed by atoms with van der Waals surface area (Å²) < 4.78 is 0. The molecule has 1 aromatic carbocycles. The monoisotopic (exact) mass is 318 g/mol. The second-order valence-electron chi connectivity index (χ2n) is 6.50. The molecule has 0 bridgehead atoms. The highest BCUT2D eigenvalue weighted by atomic mass is 32.2. The van der Waals surface area contributed by atoms with Gasteiger partial charge in [-0.15, -0.1) is 11.8 Å². The van der Waals surface area contributed by atoms with E-state index >= 15 is 0 Å². The lowest BCUT2D eigenvalue weighted by Crippen LogP contribution is -2.48. The van der Waals surface area contributed by atoms with Crippen LogP contribution in [-0.4, -0.2) is 33.4 Å². The number of benzene rings is 1. The zero-order valence-electron chi connectivity index (χ0n) is 13.3. The van der Waals surface area contributed by atoms with Crippen LogP contribution in [0.3, 0.4) is 0 Å². The summed E-state index contributed by atoms with van der Waals surface area (Å²) in [5, 5.41) is 3.04. The zero-order valence-corrected chi connectivity index (χ0v) is 14.1. The highest BCUT2D eigenvalue weighted by Gasteiger charge is 2.52. The normalized spacial score (nSPS) is 27.4. The Morgan fingerprint density at radius 2 is 2.14 bits per heavy atom. The van der Waals surface area contributed by atoms with Crippen molar-refractivity contribution in [3.05, 3.63) is 29.8 Å². The number of carbonyl (C=O) groups excluding carboxylic acids is 2. The molecule has 4 nitrogen and oxygen atoms in total. The van der Waals surface area contributed by atoms with Crippen molar-refractivity contribution in [2.45, 2.75) is 50.4 Å². The van der Waals surface area contributed by atoms with Gasteiger partial charge >= 0.3 is 0 Å². The summed E-state index contributed by atoms with van der Waals surface area (Å²) in [4.78, 5) is 26.4. The largest absolute Gasteiger partial charge is 0.324 e. The minimum Gasteiger partial charge on any atom is -0.324 e. The Kier molecular flexibility index (Phi) is 3.93. The molecular formula is C17H22N2O2S. The van der Waals surface area contributed by atoms with E-state index in [-0.39, 0.29) is 22.7 Å². The van der Waals surface area contributed by atoms with Crippen molar-refractivity contribution >= 4 is 29.3 Å². The number of rotatable bonds is 3. The van der Waals surface area contributed by atoms with Gasteiger partial charge in [0.15, 0.2) is 0 Å². The lowest BCUT2D eigenvalue weighted by molar-refractivity contribution is -0.135. The van der Waals surface area contributed by atoms with Gasteiger partial charge in [-0.1, -0.05) is 32.0 Å². The summed E-state index contributed by atoms with van der Waals surface area (Å²) in [5.41, 5.74) is 1.98. The molecular weight excluding hydrogens is 296 g/mol. The van der Waals surface area contributed by atoms with E-state index in [2.05, 4.69) is 26.1 Å². The molecule has 1 aromatic rings. The standard InChI is InChI=1S/C17H22N2O2S/c1-11(2)12-6-4-5-7-13(12)18-16(21)14-10-22-17(3)9-8-15(20)19(14)17/h4-7,11,14H,8-10H2,1-3H3,(H,18,21). The average Bonchev–Trinajstić information content (AvgIpc) is 2.96. The van der Waals surface area contributed by atoms with Crippen molar-refractivity contribution in [1.82, 2.24) is 4.90 Å². The number of hydrogen-bond donors (Lipinski definition) is 1. The quantitative estimate of drug-likeness (QED) is 0.931. The van der Waals surface area contributed by atoms with Gasteiger partial charge in [-0.3, -0.25) is 9.59 Å². The van der Waals surface area contributed by atoms with Crippen molar-refractivity contribution in [1.29, 1.82) is 0 Å². The molecule has 2 aliphatic heterocycles. The SMILES string of the molecule is CC(C)c1ccccc1NC(=O)C1CSC2(C)CCC(=O)N12. The summed E-state index contributed by atoms with van der Waals surface area (Å²) in [6.45, 7) is 6.28. The van der Waals surface area contributed by atoms with Gasteiger partial charge in [0.2, 0.25) is 11.8 Å². The van der Waals surface area contributed by atoms with E-state index in [0.717, 1.165) is 17.7 Å². The fraction of sp³-hybridized carbons (Fsp3) is 0.529. The molecule has 0 aromatic heterocycles. The van der Waals surface area contributed by atoms with Crippen LogP contribution in [0, 0.1) is 0 Å². The van der Waals surface area contributed by atoms with E-state index in [1.807, 2.05) is 24.3 Å². The minimum atomic E-state index is -0.356. The van der Waals surface area contributed by atoms with Gasteiger partial charge in [0.05, 0.1) is 4.87 Å². The topological polar surface area (TPSA) is 49.4 Å². The van der Waals surface area contributed by atoms with Crippen molar-refractivity contribution < 1.29 is 9.59 Å². The predicted octanol–water partition coefficient (Wildman–Crippen LogP) is 3.20. The molecule has 22 heavy (non-hydrogen) atoms. The van der Waals surface area contributed by atoms with Crippen LogP contribution in [-0.2, 0) is 9.59 Å². The van der Waals surface area contributed by atoms with Crippen molar-refractivity contribution in [3.63, 3.8) is 0 Å². The van der Waals surface area contributed by atoms with Crippen LogP contribution in [0.4, 0.5) is 5.69 Å².